The van der Waals surface area contributed by atoms with Gasteiger partial charge in [0, 0.05) is 23.5 Å². The number of halogens is 3. The molecule has 0 aliphatic rings. The summed E-state index contributed by atoms with van der Waals surface area (Å²) in [5, 5.41) is 2.40. The van der Waals surface area contributed by atoms with Crippen molar-refractivity contribution in [3.63, 3.8) is 0 Å². The summed E-state index contributed by atoms with van der Waals surface area (Å²) in [6.45, 7) is 0. The Kier molecular flexibility index (Phi) is 4.11. The highest BCUT2D eigenvalue weighted by molar-refractivity contribution is 6.04. The summed E-state index contributed by atoms with van der Waals surface area (Å²) < 4.78 is 42.6. The zero-order valence-electron chi connectivity index (χ0n) is 10.9. The third-order valence-corrected chi connectivity index (χ3v) is 2.65. The first-order valence-corrected chi connectivity index (χ1v) is 5.89. The number of hydrogen-bond acceptors (Lipinski definition) is 3. The number of alkyl halides is 3. The maximum Gasteiger partial charge on any atom is 0.416 e. The summed E-state index contributed by atoms with van der Waals surface area (Å²) in [6.07, 6.45) is -3.08. The van der Waals surface area contributed by atoms with Gasteiger partial charge in [-0.15, -0.1) is 0 Å². The van der Waals surface area contributed by atoms with Gasteiger partial charge in [-0.25, -0.2) is 4.98 Å². The lowest BCUT2D eigenvalue weighted by atomic mass is 10.2. The molecule has 110 valence electrons. The van der Waals surface area contributed by atoms with Gasteiger partial charge in [-0.2, -0.15) is 13.2 Å². The van der Waals surface area contributed by atoms with Crippen molar-refractivity contribution in [2.45, 2.75) is 6.18 Å². The van der Waals surface area contributed by atoms with E-state index < -0.39 is 17.6 Å². The number of carbonyl (C=O) groups excluding carboxylic acids is 1. The average Bonchev–Trinajstić information content (AvgIpc) is 2.46. The average molecular weight is 296 g/mol. The fourth-order valence-electron chi connectivity index (χ4n) is 1.64. The minimum Gasteiger partial charge on any atom is -0.481 e. The molecule has 4 nitrogen and oxygen atoms in total. The summed E-state index contributed by atoms with van der Waals surface area (Å²) in [5.74, 6) is -0.304. The second-order valence-corrected chi connectivity index (χ2v) is 4.12. The minimum atomic E-state index is -4.46. The first-order valence-electron chi connectivity index (χ1n) is 5.89. The van der Waals surface area contributed by atoms with Crippen LogP contribution < -0.4 is 10.1 Å². The Morgan fingerprint density at radius 1 is 1.24 bits per heavy atom. The molecule has 7 heteroatoms. The third-order valence-electron chi connectivity index (χ3n) is 2.65. The van der Waals surface area contributed by atoms with Crippen LogP contribution in [0, 0.1) is 0 Å². The monoisotopic (exact) mass is 296 g/mol. The maximum absolute atomic E-state index is 12.6. The topological polar surface area (TPSA) is 51.2 Å². The number of nitrogens with one attached hydrogen (secondary N) is 1. The van der Waals surface area contributed by atoms with Crippen molar-refractivity contribution in [2.24, 2.45) is 0 Å². The molecule has 0 radical (unpaired) electrons. The number of rotatable bonds is 3. The summed E-state index contributed by atoms with van der Waals surface area (Å²) in [6, 6.07) is 7.24. The van der Waals surface area contributed by atoms with E-state index in [4.69, 9.17) is 4.74 Å². The number of carbonyl (C=O) groups is 1. The van der Waals surface area contributed by atoms with E-state index in [1.807, 2.05) is 0 Å². The molecule has 0 aliphatic carbocycles. The lowest BCUT2D eigenvalue weighted by Gasteiger charge is -2.10. The quantitative estimate of drug-likeness (QED) is 0.945. The van der Waals surface area contributed by atoms with E-state index in [9.17, 15) is 18.0 Å². The highest BCUT2D eigenvalue weighted by atomic mass is 19.4. The van der Waals surface area contributed by atoms with Crippen molar-refractivity contribution in [3.8, 4) is 5.88 Å². The van der Waals surface area contributed by atoms with E-state index >= 15 is 0 Å². The van der Waals surface area contributed by atoms with Crippen molar-refractivity contribution in [2.75, 3.05) is 12.4 Å². The van der Waals surface area contributed by atoms with Crippen molar-refractivity contribution in [1.82, 2.24) is 4.98 Å². The number of pyridine rings is 1. The van der Waals surface area contributed by atoms with Crippen LogP contribution in [0.2, 0.25) is 0 Å². The van der Waals surface area contributed by atoms with Gasteiger partial charge in [0.05, 0.1) is 12.7 Å². The van der Waals surface area contributed by atoms with Crippen LogP contribution in [0.25, 0.3) is 0 Å². The Morgan fingerprint density at radius 3 is 2.67 bits per heavy atom. The van der Waals surface area contributed by atoms with Gasteiger partial charge in [-0.1, -0.05) is 6.07 Å². The highest BCUT2D eigenvalue weighted by Gasteiger charge is 2.30. The van der Waals surface area contributed by atoms with Crippen LogP contribution in [0.1, 0.15) is 15.9 Å². The number of hydrogen-bond donors (Lipinski definition) is 1. The second-order valence-electron chi connectivity index (χ2n) is 4.12. The normalized spacial score (nSPS) is 11.0. The van der Waals surface area contributed by atoms with Gasteiger partial charge in [0.1, 0.15) is 0 Å². The van der Waals surface area contributed by atoms with E-state index in [1.54, 1.807) is 0 Å². The van der Waals surface area contributed by atoms with E-state index in [2.05, 4.69) is 10.3 Å². The van der Waals surface area contributed by atoms with Crippen molar-refractivity contribution in [3.05, 3.63) is 53.7 Å². The SMILES string of the molecule is COc1cc(C(=O)Nc2cccc(C(F)(F)F)c2)ccn1. The van der Waals surface area contributed by atoms with Crippen LogP contribution >= 0.6 is 0 Å². The molecule has 0 aliphatic heterocycles. The molecule has 2 aromatic rings. The number of amides is 1. The van der Waals surface area contributed by atoms with Gasteiger partial charge in [0.2, 0.25) is 5.88 Å². The molecule has 0 saturated heterocycles. The molecule has 1 aromatic heterocycles. The molecule has 1 amide bonds. The van der Waals surface area contributed by atoms with Crippen molar-refractivity contribution < 1.29 is 22.7 Å². The Hall–Kier alpha value is -2.57. The van der Waals surface area contributed by atoms with Crippen LogP contribution in [0.5, 0.6) is 5.88 Å². The second kappa shape index (κ2) is 5.82. The number of benzene rings is 1. The maximum atomic E-state index is 12.6. The first-order chi connectivity index (χ1) is 9.90. The van der Waals surface area contributed by atoms with Crippen LogP contribution in [-0.2, 0) is 6.18 Å². The predicted octanol–water partition coefficient (Wildman–Crippen LogP) is 3.36. The molecular formula is C14H11F3N2O2. The molecule has 1 N–H and O–H groups in total. The Balaban J connectivity index is 2.19. The lowest BCUT2D eigenvalue weighted by Crippen LogP contribution is -2.13. The zero-order valence-corrected chi connectivity index (χ0v) is 10.9. The molecule has 0 fully saturated rings. The molecule has 0 unspecified atom stereocenters. The molecule has 0 atom stereocenters. The number of anilines is 1. The standard InChI is InChI=1S/C14H11F3N2O2/c1-21-12-7-9(5-6-18-12)13(20)19-11-4-2-3-10(8-11)14(15,16)17/h2-8H,1H3,(H,19,20). The largest absolute Gasteiger partial charge is 0.481 e. The zero-order chi connectivity index (χ0) is 15.5. The molecule has 0 saturated carbocycles. The third kappa shape index (κ3) is 3.71. The summed E-state index contributed by atoms with van der Waals surface area (Å²) in [7, 11) is 1.40. The van der Waals surface area contributed by atoms with Crippen molar-refractivity contribution >= 4 is 11.6 Å². The predicted molar refractivity (Wildman–Crippen MR) is 70.2 cm³/mol. The van der Waals surface area contributed by atoms with Crippen LogP contribution in [0.4, 0.5) is 18.9 Å². The minimum absolute atomic E-state index is 0.0607. The Labute approximate surface area is 118 Å². The van der Waals surface area contributed by atoms with E-state index in [0.29, 0.717) is 0 Å². The summed E-state index contributed by atoms with van der Waals surface area (Å²) in [5.41, 5.74) is -0.530. The lowest BCUT2D eigenvalue weighted by molar-refractivity contribution is -0.137. The van der Waals surface area contributed by atoms with Gasteiger partial charge in [-0.3, -0.25) is 4.79 Å². The van der Waals surface area contributed by atoms with E-state index in [-0.39, 0.29) is 17.1 Å². The molecule has 1 aromatic carbocycles. The van der Waals surface area contributed by atoms with Gasteiger partial charge >= 0.3 is 6.18 Å². The Bertz CT molecular complexity index is 657. The number of nitrogens with zero attached hydrogens (tertiary/aromatic N) is 1. The smallest absolute Gasteiger partial charge is 0.416 e. The molecule has 0 bridgehead atoms. The fourth-order valence-corrected chi connectivity index (χ4v) is 1.64. The summed E-state index contributed by atoms with van der Waals surface area (Å²) >= 11 is 0. The molecule has 2 rings (SSSR count). The van der Waals surface area contributed by atoms with E-state index in [1.165, 1.54) is 37.6 Å². The van der Waals surface area contributed by atoms with Crippen molar-refractivity contribution in [1.29, 1.82) is 0 Å². The number of ether oxygens (including phenoxy) is 1. The Morgan fingerprint density at radius 2 is 2.00 bits per heavy atom. The van der Waals surface area contributed by atoms with E-state index in [0.717, 1.165) is 12.1 Å². The van der Waals surface area contributed by atoms with Gasteiger partial charge in [0.15, 0.2) is 0 Å². The molecule has 21 heavy (non-hydrogen) atoms. The molecule has 1 heterocycles. The molecule has 0 spiro atoms. The van der Waals surface area contributed by atoms with Crippen LogP contribution in [-0.4, -0.2) is 18.0 Å². The number of methoxy groups -OCH3 is 1. The van der Waals surface area contributed by atoms with Crippen LogP contribution in [0.15, 0.2) is 42.6 Å². The van der Waals surface area contributed by atoms with Gasteiger partial charge in [0.25, 0.3) is 5.91 Å². The van der Waals surface area contributed by atoms with Gasteiger partial charge in [-0.05, 0) is 24.3 Å². The van der Waals surface area contributed by atoms with Gasteiger partial charge < -0.3 is 10.1 Å². The highest BCUT2D eigenvalue weighted by Crippen LogP contribution is 2.30. The first kappa shape index (κ1) is 14.8. The summed E-state index contributed by atoms with van der Waals surface area (Å²) in [4.78, 5) is 15.8. The molecular weight excluding hydrogens is 285 g/mol. The number of aromatic nitrogens is 1. The fraction of sp³-hybridized carbons (Fsp3) is 0.143. The van der Waals surface area contributed by atoms with Crippen LogP contribution in [0.3, 0.4) is 0 Å².